The number of hydrogen-bond acceptors (Lipinski definition) is 3. The first-order valence-electron chi connectivity index (χ1n) is 8.23. The minimum absolute atomic E-state index is 0.00766. The SMILES string of the molecule is Cc1ccccc1-n1cc(C(=O)NCC(C(=O)O)c2ccccc2)cn1. The van der Waals surface area contributed by atoms with E-state index in [0.717, 1.165) is 11.3 Å². The average Bonchev–Trinajstić information content (AvgIpc) is 3.13. The van der Waals surface area contributed by atoms with E-state index in [-0.39, 0.29) is 12.5 Å². The summed E-state index contributed by atoms with van der Waals surface area (Å²) in [4.78, 5) is 23.9. The number of amides is 1. The van der Waals surface area contributed by atoms with Crippen molar-refractivity contribution in [1.29, 1.82) is 0 Å². The fraction of sp³-hybridized carbons (Fsp3) is 0.150. The monoisotopic (exact) mass is 349 g/mol. The number of nitrogens with one attached hydrogen (secondary N) is 1. The van der Waals surface area contributed by atoms with Gasteiger partial charge in [-0.15, -0.1) is 0 Å². The van der Waals surface area contributed by atoms with Crippen LogP contribution in [0, 0.1) is 6.92 Å². The molecule has 6 heteroatoms. The molecule has 132 valence electrons. The predicted molar refractivity (Wildman–Crippen MR) is 97.5 cm³/mol. The van der Waals surface area contributed by atoms with E-state index in [4.69, 9.17) is 0 Å². The average molecular weight is 349 g/mol. The molecule has 0 fully saturated rings. The molecule has 1 atom stereocenters. The van der Waals surface area contributed by atoms with Gasteiger partial charge in [0, 0.05) is 12.7 Å². The maximum absolute atomic E-state index is 12.4. The molecule has 1 aromatic heterocycles. The molecule has 0 saturated carbocycles. The second kappa shape index (κ2) is 7.65. The zero-order chi connectivity index (χ0) is 18.5. The fourth-order valence-electron chi connectivity index (χ4n) is 2.72. The Morgan fingerprint density at radius 2 is 1.81 bits per heavy atom. The highest BCUT2D eigenvalue weighted by Gasteiger charge is 2.21. The van der Waals surface area contributed by atoms with Crippen molar-refractivity contribution < 1.29 is 14.7 Å². The zero-order valence-corrected chi connectivity index (χ0v) is 14.3. The van der Waals surface area contributed by atoms with Crippen LogP contribution < -0.4 is 5.32 Å². The molecule has 2 N–H and O–H groups in total. The Morgan fingerprint density at radius 1 is 1.12 bits per heavy atom. The highest BCUT2D eigenvalue weighted by molar-refractivity contribution is 5.94. The third kappa shape index (κ3) is 3.80. The Morgan fingerprint density at radius 3 is 2.50 bits per heavy atom. The summed E-state index contributed by atoms with van der Waals surface area (Å²) in [6.45, 7) is 1.97. The lowest BCUT2D eigenvalue weighted by Gasteiger charge is -2.13. The van der Waals surface area contributed by atoms with Crippen molar-refractivity contribution in [3.05, 3.63) is 83.7 Å². The number of hydrogen-bond donors (Lipinski definition) is 2. The summed E-state index contributed by atoms with van der Waals surface area (Å²) >= 11 is 0. The van der Waals surface area contributed by atoms with Crippen LogP contribution in [0.5, 0.6) is 0 Å². The van der Waals surface area contributed by atoms with Crippen LogP contribution in [0.2, 0.25) is 0 Å². The maximum atomic E-state index is 12.4. The molecular formula is C20H19N3O3. The van der Waals surface area contributed by atoms with Crippen molar-refractivity contribution in [2.45, 2.75) is 12.8 Å². The van der Waals surface area contributed by atoms with Crippen LogP contribution in [0.15, 0.2) is 67.0 Å². The number of aromatic nitrogens is 2. The van der Waals surface area contributed by atoms with Crippen LogP contribution in [-0.2, 0) is 4.79 Å². The summed E-state index contributed by atoms with van der Waals surface area (Å²) in [5.74, 6) is -2.13. The first-order chi connectivity index (χ1) is 12.6. The van der Waals surface area contributed by atoms with Crippen LogP contribution in [-0.4, -0.2) is 33.3 Å². The van der Waals surface area contributed by atoms with Crippen molar-refractivity contribution in [3.8, 4) is 5.69 Å². The molecule has 0 bridgehead atoms. The Hall–Kier alpha value is -3.41. The Kier molecular flexibility index (Phi) is 5.12. The van der Waals surface area contributed by atoms with Gasteiger partial charge in [-0.25, -0.2) is 4.68 Å². The Labute approximate surface area is 151 Å². The first-order valence-corrected chi connectivity index (χ1v) is 8.23. The smallest absolute Gasteiger partial charge is 0.312 e. The van der Waals surface area contributed by atoms with Crippen molar-refractivity contribution in [2.24, 2.45) is 0 Å². The summed E-state index contributed by atoms with van der Waals surface area (Å²) in [7, 11) is 0. The molecule has 2 aromatic carbocycles. The van der Waals surface area contributed by atoms with Crippen LogP contribution in [0.25, 0.3) is 5.69 Å². The van der Waals surface area contributed by atoms with E-state index < -0.39 is 11.9 Å². The van der Waals surface area contributed by atoms with Crippen molar-refractivity contribution in [3.63, 3.8) is 0 Å². The van der Waals surface area contributed by atoms with Gasteiger partial charge in [0.1, 0.15) is 0 Å². The summed E-state index contributed by atoms with van der Waals surface area (Å²) in [6, 6.07) is 16.6. The number of nitrogens with zero attached hydrogens (tertiary/aromatic N) is 2. The number of para-hydroxylation sites is 1. The molecular weight excluding hydrogens is 330 g/mol. The molecule has 26 heavy (non-hydrogen) atoms. The Bertz CT molecular complexity index is 919. The molecule has 3 rings (SSSR count). The van der Waals surface area contributed by atoms with E-state index in [1.807, 2.05) is 37.3 Å². The largest absolute Gasteiger partial charge is 0.481 e. The van der Waals surface area contributed by atoms with Gasteiger partial charge >= 0.3 is 5.97 Å². The molecule has 6 nitrogen and oxygen atoms in total. The summed E-state index contributed by atoms with van der Waals surface area (Å²) in [5.41, 5.74) is 2.96. The number of rotatable bonds is 6. The van der Waals surface area contributed by atoms with E-state index in [2.05, 4.69) is 10.4 Å². The van der Waals surface area contributed by atoms with E-state index in [1.54, 1.807) is 35.1 Å². The van der Waals surface area contributed by atoms with Crippen LogP contribution in [0.1, 0.15) is 27.4 Å². The van der Waals surface area contributed by atoms with Gasteiger partial charge in [0.15, 0.2) is 0 Å². The van der Waals surface area contributed by atoms with Gasteiger partial charge in [0.2, 0.25) is 0 Å². The van der Waals surface area contributed by atoms with Crippen molar-refractivity contribution in [2.75, 3.05) is 6.54 Å². The molecule has 0 saturated heterocycles. The normalized spacial score (nSPS) is 11.7. The number of carboxylic acid groups (broad SMARTS) is 1. The fourth-order valence-corrected chi connectivity index (χ4v) is 2.72. The van der Waals surface area contributed by atoms with E-state index in [1.165, 1.54) is 6.20 Å². The van der Waals surface area contributed by atoms with Gasteiger partial charge in [-0.05, 0) is 24.1 Å². The standard InChI is InChI=1S/C20H19N3O3/c1-14-7-5-6-10-18(14)23-13-16(11-22-23)19(24)21-12-17(20(25)26)15-8-3-2-4-9-15/h2-11,13,17H,12H2,1H3,(H,21,24)(H,25,26). The molecule has 1 unspecified atom stereocenters. The molecule has 3 aromatic rings. The quantitative estimate of drug-likeness (QED) is 0.717. The molecule has 0 radical (unpaired) electrons. The number of aliphatic carboxylic acids is 1. The lowest BCUT2D eigenvalue weighted by molar-refractivity contribution is -0.138. The topological polar surface area (TPSA) is 84.2 Å². The van der Waals surface area contributed by atoms with E-state index in [9.17, 15) is 14.7 Å². The van der Waals surface area contributed by atoms with Gasteiger partial charge in [-0.3, -0.25) is 9.59 Å². The molecule has 1 amide bonds. The minimum Gasteiger partial charge on any atom is -0.481 e. The van der Waals surface area contributed by atoms with Crippen LogP contribution in [0.4, 0.5) is 0 Å². The predicted octanol–water partition coefficient (Wildman–Crippen LogP) is 2.78. The molecule has 0 aliphatic heterocycles. The van der Waals surface area contributed by atoms with Crippen LogP contribution in [0.3, 0.4) is 0 Å². The number of carbonyl (C=O) groups is 2. The zero-order valence-electron chi connectivity index (χ0n) is 14.3. The summed E-state index contributed by atoms with van der Waals surface area (Å²) in [6.07, 6.45) is 3.11. The first kappa shape index (κ1) is 17.4. The Balaban J connectivity index is 1.71. The van der Waals surface area contributed by atoms with Gasteiger partial charge in [0.05, 0.1) is 23.4 Å². The highest BCUT2D eigenvalue weighted by atomic mass is 16.4. The van der Waals surface area contributed by atoms with E-state index >= 15 is 0 Å². The van der Waals surface area contributed by atoms with Gasteiger partial charge < -0.3 is 10.4 Å². The summed E-state index contributed by atoms with van der Waals surface area (Å²) < 4.78 is 1.64. The second-order valence-electron chi connectivity index (χ2n) is 5.97. The number of benzene rings is 2. The third-order valence-electron chi connectivity index (χ3n) is 4.17. The number of carbonyl (C=O) groups excluding carboxylic acids is 1. The molecule has 0 aliphatic carbocycles. The van der Waals surface area contributed by atoms with Gasteiger partial charge in [0.25, 0.3) is 5.91 Å². The van der Waals surface area contributed by atoms with Gasteiger partial charge in [-0.2, -0.15) is 5.10 Å². The van der Waals surface area contributed by atoms with Crippen molar-refractivity contribution in [1.82, 2.24) is 15.1 Å². The number of carboxylic acids is 1. The highest BCUT2D eigenvalue weighted by Crippen LogP contribution is 2.16. The van der Waals surface area contributed by atoms with Crippen LogP contribution >= 0.6 is 0 Å². The van der Waals surface area contributed by atoms with Gasteiger partial charge in [-0.1, -0.05) is 48.5 Å². The maximum Gasteiger partial charge on any atom is 0.312 e. The van der Waals surface area contributed by atoms with Crippen molar-refractivity contribution >= 4 is 11.9 Å². The second-order valence-corrected chi connectivity index (χ2v) is 5.97. The van der Waals surface area contributed by atoms with E-state index in [0.29, 0.717) is 11.1 Å². The number of aryl methyl sites for hydroxylation is 1. The minimum atomic E-state index is -0.980. The molecule has 1 heterocycles. The molecule has 0 aliphatic rings. The third-order valence-corrected chi connectivity index (χ3v) is 4.17. The summed E-state index contributed by atoms with van der Waals surface area (Å²) in [5, 5.41) is 16.3. The molecule has 0 spiro atoms. The lowest BCUT2D eigenvalue weighted by atomic mass is 9.99. The lowest BCUT2D eigenvalue weighted by Crippen LogP contribution is -2.31.